The molecule has 0 heterocycles. The monoisotopic (exact) mass is 217 g/mol. The number of aliphatic hydroxyl groups excluding tert-OH is 1. The Morgan fingerprint density at radius 2 is 2.29 bits per heavy atom. The van der Waals surface area contributed by atoms with E-state index in [2.05, 4.69) is 5.32 Å². The maximum Gasteiger partial charge on any atom is 0.124 e. The number of anilines is 1. The molecule has 0 bridgehead atoms. The van der Waals surface area contributed by atoms with Crippen LogP contribution in [0.4, 0.5) is 10.1 Å². The molecule has 0 aliphatic rings. The van der Waals surface area contributed by atoms with Crippen LogP contribution in [0.5, 0.6) is 0 Å². The van der Waals surface area contributed by atoms with Crippen molar-refractivity contribution in [2.24, 2.45) is 0 Å². The van der Waals surface area contributed by atoms with Crippen LogP contribution in [0.15, 0.2) is 18.2 Å². The summed E-state index contributed by atoms with van der Waals surface area (Å²) in [6.07, 6.45) is 0.287. The van der Waals surface area contributed by atoms with Gasteiger partial charge in [0.25, 0.3) is 0 Å². The quantitative estimate of drug-likeness (QED) is 0.813. The fourth-order valence-electron chi connectivity index (χ4n) is 1.05. The maximum absolute atomic E-state index is 12.6. The first-order valence-corrected chi connectivity index (χ1v) is 4.84. The SMILES string of the molecule is CC(O)CCNc1ccc(F)cc1Cl. The minimum atomic E-state index is -0.351. The first kappa shape index (κ1) is 11.3. The molecule has 0 aliphatic carbocycles. The topological polar surface area (TPSA) is 32.3 Å². The van der Waals surface area contributed by atoms with Gasteiger partial charge < -0.3 is 10.4 Å². The third kappa shape index (κ3) is 3.52. The Balaban J connectivity index is 2.51. The van der Waals surface area contributed by atoms with Crippen molar-refractivity contribution in [3.8, 4) is 0 Å². The summed E-state index contributed by atoms with van der Waals surface area (Å²) in [5, 5.41) is 12.4. The summed E-state index contributed by atoms with van der Waals surface area (Å²) in [5.41, 5.74) is 0.689. The van der Waals surface area contributed by atoms with Crippen molar-refractivity contribution >= 4 is 17.3 Å². The summed E-state index contributed by atoms with van der Waals surface area (Å²) < 4.78 is 12.6. The van der Waals surface area contributed by atoms with Crippen molar-refractivity contribution in [2.75, 3.05) is 11.9 Å². The third-order valence-electron chi connectivity index (χ3n) is 1.81. The zero-order valence-corrected chi connectivity index (χ0v) is 8.68. The molecule has 0 aromatic heterocycles. The highest BCUT2D eigenvalue weighted by molar-refractivity contribution is 6.33. The maximum atomic E-state index is 12.6. The fourth-order valence-corrected chi connectivity index (χ4v) is 1.28. The highest BCUT2D eigenvalue weighted by Crippen LogP contribution is 2.22. The molecule has 4 heteroatoms. The Hall–Kier alpha value is -0.800. The van der Waals surface area contributed by atoms with E-state index in [4.69, 9.17) is 16.7 Å². The summed E-state index contributed by atoms with van der Waals surface area (Å²) in [6, 6.07) is 4.18. The molecule has 0 spiro atoms. The molecular weight excluding hydrogens is 205 g/mol. The van der Waals surface area contributed by atoms with Crippen LogP contribution in [-0.4, -0.2) is 17.8 Å². The van der Waals surface area contributed by atoms with E-state index >= 15 is 0 Å². The van der Waals surface area contributed by atoms with Gasteiger partial charge in [0.15, 0.2) is 0 Å². The minimum absolute atomic E-state index is 0.346. The number of hydrogen-bond acceptors (Lipinski definition) is 2. The predicted octanol–water partition coefficient (Wildman–Crippen LogP) is 2.66. The molecule has 1 aromatic rings. The van der Waals surface area contributed by atoms with E-state index in [1.54, 1.807) is 13.0 Å². The molecule has 0 fully saturated rings. The zero-order valence-electron chi connectivity index (χ0n) is 7.93. The van der Waals surface area contributed by atoms with Gasteiger partial charge in [-0.2, -0.15) is 0 Å². The predicted molar refractivity (Wildman–Crippen MR) is 56.2 cm³/mol. The first-order valence-electron chi connectivity index (χ1n) is 4.46. The van der Waals surface area contributed by atoms with Crippen molar-refractivity contribution in [2.45, 2.75) is 19.4 Å². The smallest absolute Gasteiger partial charge is 0.124 e. The number of halogens is 2. The Kier molecular flexibility index (Phi) is 4.17. The Bertz CT molecular complexity index is 304. The summed E-state index contributed by atoms with van der Waals surface area (Å²) in [5.74, 6) is -0.351. The fraction of sp³-hybridized carbons (Fsp3) is 0.400. The third-order valence-corrected chi connectivity index (χ3v) is 2.12. The van der Waals surface area contributed by atoms with E-state index < -0.39 is 0 Å². The van der Waals surface area contributed by atoms with Crippen LogP contribution in [0.25, 0.3) is 0 Å². The second-order valence-corrected chi connectivity index (χ2v) is 3.60. The summed E-state index contributed by atoms with van der Waals surface area (Å²) >= 11 is 5.78. The molecule has 1 aromatic carbocycles. The number of aliphatic hydroxyl groups is 1. The number of nitrogens with one attached hydrogen (secondary N) is 1. The van der Waals surface area contributed by atoms with Gasteiger partial charge in [0, 0.05) is 6.54 Å². The molecule has 14 heavy (non-hydrogen) atoms. The van der Waals surface area contributed by atoms with E-state index in [1.165, 1.54) is 12.1 Å². The van der Waals surface area contributed by atoms with E-state index in [1.807, 2.05) is 0 Å². The lowest BCUT2D eigenvalue weighted by molar-refractivity contribution is 0.189. The van der Waals surface area contributed by atoms with Crippen LogP contribution in [0, 0.1) is 5.82 Å². The highest BCUT2D eigenvalue weighted by atomic mass is 35.5. The molecule has 78 valence electrons. The van der Waals surface area contributed by atoms with Gasteiger partial charge in [-0.25, -0.2) is 4.39 Å². The summed E-state index contributed by atoms with van der Waals surface area (Å²) in [7, 11) is 0. The van der Waals surface area contributed by atoms with E-state index in [0.717, 1.165) is 0 Å². The van der Waals surface area contributed by atoms with Crippen molar-refractivity contribution in [1.29, 1.82) is 0 Å². The van der Waals surface area contributed by atoms with Gasteiger partial charge in [-0.3, -0.25) is 0 Å². The van der Waals surface area contributed by atoms with Crippen molar-refractivity contribution in [1.82, 2.24) is 0 Å². The summed E-state index contributed by atoms with van der Waals surface area (Å²) in [4.78, 5) is 0. The standard InChI is InChI=1S/C10H13ClFNO/c1-7(14)4-5-13-10-3-2-8(12)6-9(10)11/h2-3,6-7,13-14H,4-5H2,1H3. The van der Waals surface area contributed by atoms with Crippen LogP contribution in [0.2, 0.25) is 5.02 Å². The molecule has 0 aliphatic heterocycles. The lowest BCUT2D eigenvalue weighted by atomic mass is 10.2. The lowest BCUT2D eigenvalue weighted by Crippen LogP contribution is -2.09. The van der Waals surface area contributed by atoms with Gasteiger partial charge in [-0.05, 0) is 31.5 Å². The molecular formula is C10H13ClFNO. The lowest BCUT2D eigenvalue weighted by Gasteiger charge is -2.09. The zero-order chi connectivity index (χ0) is 10.6. The number of hydrogen-bond donors (Lipinski definition) is 2. The van der Waals surface area contributed by atoms with Gasteiger partial charge in [0.1, 0.15) is 5.82 Å². The molecule has 1 atom stereocenters. The molecule has 1 rings (SSSR count). The van der Waals surface area contributed by atoms with E-state index in [-0.39, 0.29) is 11.9 Å². The van der Waals surface area contributed by atoms with Crippen LogP contribution < -0.4 is 5.32 Å². The van der Waals surface area contributed by atoms with Gasteiger partial charge in [-0.15, -0.1) is 0 Å². The van der Waals surface area contributed by atoms with Crippen LogP contribution in [0.1, 0.15) is 13.3 Å². The molecule has 2 nitrogen and oxygen atoms in total. The Labute approximate surface area is 87.7 Å². The average Bonchev–Trinajstić information content (AvgIpc) is 2.08. The van der Waals surface area contributed by atoms with Crippen molar-refractivity contribution in [3.63, 3.8) is 0 Å². The van der Waals surface area contributed by atoms with E-state index in [0.29, 0.717) is 23.7 Å². The highest BCUT2D eigenvalue weighted by Gasteiger charge is 2.01. The molecule has 0 saturated carbocycles. The molecule has 2 N–H and O–H groups in total. The van der Waals surface area contributed by atoms with Gasteiger partial charge in [0.05, 0.1) is 16.8 Å². The average molecular weight is 218 g/mol. The van der Waals surface area contributed by atoms with E-state index in [9.17, 15) is 4.39 Å². The van der Waals surface area contributed by atoms with Crippen LogP contribution in [-0.2, 0) is 0 Å². The largest absolute Gasteiger partial charge is 0.393 e. The minimum Gasteiger partial charge on any atom is -0.393 e. The molecule has 0 radical (unpaired) electrons. The Morgan fingerprint density at radius 1 is 1.57 bits per heavy atom. The molecule has 0 amide bonds. The molecule has 1 unspecified atom stereocenters. The van der Waals surface area contributed by atoms with Crippen molar-refractivity contribution < 1.29 is 9.50 Å². The molecule has 0 saturated heterocycles. The Morgan fingerprint density at radius 3 is 2.86 bits per heavy atom. The first-order chi connectivity index (χ1) is 6.59. The number of rotatable bonds is 4. The number of benzene rings is 1. The van der Waals surface area contributed by atoms with Gasteiger partial charge in [-0.1, -0.05) is 11.6 Å². The van der Waals surface area contributed by atoms with Crippen LogP contribution in [0.3, 0.4) is 0 Å². The van der Waals surface area contributed by atoms with Gasteiger partial charge in [0.2, 0.25) is 0 Å². The second-order valence-electron chi connectivity index (χ2n) is 3.19. The van der Waals surface area contributed by atoms with Gasteiger partial charge >= 0.3 is 0 Å². The van der Waals surface area contributed by atoms with Crippen LogP contribution >= 0.6 is 11.6 Å². The summed E-state index contributed by atoms with van der Waals surface area (Å²) in [6.45, 7) is 2.33. The van der Waals surface area contributed by atoms with Crippen molar-refractivity contribution in [3.05, 3.63) is 29.0 Å². The second kappa shape index (κ2) is 5.17. The normalized spacial score (nSPS) is 12.6.